The standard InChI is InChI=1S/C16H20.C10H15Br.C6H6.Al.2ClH.H/c1-2-4-15(5-3-1)16-9-12-6-13(10-16)8-14(7-12)11-16;11-10-4-7-1-8(5-10)3-9(2-7)6-10;1-2-4-6-5-3-1;;;;/h1-5,12-14H,6-11H2;7-9H,1-6H2;1-6H;;2*1H;/q;;;+2;;;/p-2. The molecule has 10 rings (SSSR count). The molecule has 8 aliphatic carbocycles. The first kappa shape index (κ1) is 27.6. The van der Waals surface area contributed by atoms with Crippen LogP contribution in [0, 0.1) is 35.5 Å². The minimum absolute atomic E-state index is 0.593. The van der Waals surface area contributed by atoms with Gasteiger partial charge in [0.25, 0.3) is 0 Å². The summed E-state index contributed by atoms with van der Waals surface area (Å²) >= 11 is 3.32. The molecule has 0 unspecified atom stereocenters. The lowest BCUT2D eigenvalue weighted by molar-refractivity contribution is -0.00518. The number of halogens is 3. The quantitative estimate of drug-likeness (QED) is 0.225. The fourth-order valence-corrected chi connectivity index (χ4v) is 11.0. The highest BCUT2D eigenvalue weighted by Gasteiger charge is 2.51. The molecule has 36 heavy (non-hydrogen) atoms. The molecule has 0 saturated heterocycles. The summed E-state index contributed by atoms with van der Waals surface area (Å²) in [6.45, 7) is 0. The summed E-state index contributed by atoms with van der Waals surface area (Å²) < 4.78 is 0.613. The van der Waals surface area contributed by atoms with E-state index in [-0.39, 0.29) is 0 Å². The van der Waals surface area contributed by atoms with Gasteiger partial charge in [0.1, 0.15) is 0 Å². The van der Waals surface area contributed by atoms with E-state index >= 15 is 0 Å². The summed E-state index contributed by atoms with van der Waals surface area (Å²) in [6, 6.07) is 23.4. The fraction of sp³-hybridized carbons (Fsp3) is 0.625. The number of rotatable bonds is 1. The lowest BCUT2D eigenvalue weighted by Crippen LogP contribution is -2.48. The summed E-state index contributed by atoms with van der Waals surface area (Å²) in [5.74, 6) is 6.48. The fourth-order valence-electron chi connectivity index (χ4n) is 9.65. The minimum atomic E-state index is -0.639. The van der Waals surface area contributed by atoms with Gasteiger partial charge in [0.15, 0.2) is 0 Å². The second kappa shape index (κ2) is 12.5. The Bertz CT molecular complexity index is 836. The van der Waals surface area contributed by atoms with Crippen molar-refractivity contribution in [2.24, 2.45) is 35.5 Å². The third kappa shape index (κ3) is 6.78. The van der Waals surface area contributed by atoms with Crippen molar-refractivity contribution in [1.82, 2.24) is 0 Å². The van der Waals surface area contributed by atoms with Crippen LogP contribution in [0.3, 0.4) is 0 Å². The predicted molar refractivity (Wildman–Crippen MR) is 161 cm³/mol. The van der Waals surface area contributed by atoms with Crippen LogP contribution in [0.5, 0.6) is 0 Å². The van der Waals surface area contributed by atoms with Gasteiger partial charge in [-0.25, -0.2) is 20.1 Å². The molecule has 8 saturated carbocycles. The average molecular weight is 604 g/mol. The number of hydrogen-bond donors (Lipinski definition) is 0. The van der Waals surface area contributed by atoms with E-state index in [1.54, 1.807) is 44.1 Å². The van der Waals surface area contributed by atoms with Crippen LogP contribution in [0.15, 0.2) is 66.7 Å². The van der Waals surface area contributed by atoms with Gasteiger partial charge in [-0.2, -0.15) is 0 Å². The molecule has 2 aromatic rings. The first-order valence-electron chi connectivity index (χ1n) is 14.4. The molecule has 2 aromatic carbocycles. The van der Waals surface area contributed by atoms with Gasteiger partial charge < -0.3 is 0 Å². The summed E-state index contributed by atoms with van der Waals surface area (Å²) in [6.07, 6.45) is 18.2. The minimum Gasteiger partial charge on any atom is -0.240 e. The van der Waals surface area contributed by atoms with Gasteiger partial charge in [-0.05, 0) is 124 Å². The summed E-state index contributed by atoms with van der Waals surface area (Å²) in [5.41, 5.74) is 2.24. The van der Waals surface area contributed by atoms with Crippen LogP contribution in [-0.4, -0.2) is 17.7 Å². The number of benzene rings is 2. The van der Waals surface area contributed by atoms with Gasteiger partial charge in [-0.3, -0.25) is 0 Å². The number of hydrogen-bond acceptors (Lipinski definition) is 0. The van der Waals surface area contributed by atoms with E-state index in [2.05, 4.69) is 46.3 Å². The molecule has 0 aliphatic heterocycles. The van der Waals surface area contributed by atoms with Crippen LogP contribution in [0.4, 0.5) is 0 Å². The van der Waals surface area contributed by atoms with Crippen LogP contribution in [0.2, 0.25) is 0 Å². The Morgan fingerprint density at radius 2 is 0.806 bits per heavy atom. The van der Waals surface area contributed by atoms with E-state index in [0.717, 1.165) is 35.5 Å². The molecule has 8 bridgehead atoms. The Morgan fingerprint density at radius 1 is 0.528 bits per heavy atom. The van der Waals surface area contributed by atoms with Crippen LogP contribution >= 0.6 is 36.0 Å². The molecule has 194 valence electrons. The zero-order chi connectivity index (χ0) is 25.0. The molecule has 0 spiro atoms. The second-order valence-electron chi connectivity index (χ2n) is 12.9. The van der Waals surface area contributed by atoms with Crippen LogP contribution < -0.4 is 0 Å². The maximum atomic E-state index is 4.90. The van der Waals surface area contributed by atoms with Crippen molar-refractivity contribution in [3.63, 3.8) is 0 Å². The Balaban J connectivity index is 0.000000115. The molecular formula is C32H42AlBrCl2. The number of alkyl halides is 1. The van der Waals surface area contributed by atoms with Crippen molar-refractivity contribution in [2.45, 2.75) is 86.8 Å². The molecule has 8 fully saturated rings. The topological polar surface area (TPSA) is 0 Å². The second-order valence-corrected chi connectivity index (χ2v) is 17.2. The molecule has 0 amide bonds. The van der Waals surface area contributed by atoms with Crippen molar-refractivity contribution in [1.29, 1.82) is 0 Å². The molecule has 0 radical (unpaired) electrons. The monoisotopic (exact) mass is 602 g/mol. The molecule has 0 heterocycles. The van der Waals surface area contributed by atoms with Crippen molar-refractivity contribution in [2.75, 3.05) is 0 Å². The zero-order valence-electron chi connectivity index (χ0n) is 21.6. The van der Waals surface area contributed by atoms with Crippen LogP contribution in [-0.2, 0) is 5.41 Å². The maximum Gasteiger partial charge on any atom is 0.499 e. The van der Waals surface area contributed by atoms with Gasteiger partial charge in [-0.1, -0.05) is 82.7 Å². The molecule has 0 aromatic heterocycles. The Morgan fingerprint density at radius 3 is 1.11 bits per heavy atom. The lowest BCUT2D eigenvalue weighted by Gasteiger charge is -2.57. The van der Waals surface area contributed by atoms with E-state index in [9.17, 15) is 0 Å². The summed E-state index contributed by atoms with van der Waals surface area (Å²) in [7, 11) is 9.81. The van der Waals surface area contributed by atoms with E-state index < -0.39 is 13.4 Å². The van der Waals surface area contributed by atoms with E-state index in [0.29, 0.717) is 9.74 Å². The molecule has 0 N–H and O–H groups in total. The average Bonchev–Trinajstić information content (AvgIpc) is 2.85. The van der Waals surface area contributed by atoms with Crippen molar-refractivity contribution < 1.29 is 0 Å². The highest BCUT2D eigenvalue weighted by Crippen LogP contribution is 2.61. The highest BCUT2D eigenvalue weighted by molar-refractivity contribution is 9.10. The largest absolute Gasteiger partial charge is 0.499 e. The molecule has 0 atom stereocenters. The Kier molecular flexibility index (Phi) is 9.56. The van der Waals surface area contributed by atoms with Gasteiger partial charge in [0.05, 0.1) is 0 Å². The van der Waals surface area contributed by atoms with Crippen molar-refractivity contribution in [3.8, 4) is 0 Å². The molecule has 4 heteroatoms. The van der Waals surface area contributed by atoms with Gasteiger partial charge in [0.2, 0.25) is 0 Å². The predicted octanol–water partition coefficient (Wildman–Crippen LogP) is 9.92. The maximum absolute atomic E-state index is 4.90. The summed E-state index contributed by atoms with van der Waals surface area (Å²) in [4.78, 5) is 0. The van der Waals surface area contributed by atoms with E-state index in [1.807, 2.05) is 36.4 Å². The molecule has 8 aliphatic rings. The first-order chi connectivity index (χ1) is 17.5. The summed E-state index contributed by atoms with van der Waals surface area (Å²) in [5, 5.41) is 0. The van der Waals surface area contributed by atoms with Crippen LogP contribution in [0.1, 0.15) is 82.6 Å². The highest BCUT2D eigenvalue weighted by atomic mass is 79.9. The van der Waals surface area contributed by atoms with Gasteiger partial charge in [-0.15, -0.1) is 0 Å². The first-order valence-corrected chi connectivity index (χ1v) is 19.4. The van der Waals surface area contributed by atoms with Crippen molar-refractivity contribution >= 4 is 49.4 Å². The third-order valence-corrected chi connectivity index (χ3v) is 11.0. The molecule has 0 nitrogen and oxygen atoms in total. The van der Waals surface area contributed by atoms with Gasteiger partial charge >= 0.3 is 13.4 Å². The normalized spacial score (nSPS) is 40.1. The Labute approximate surface area is 242 Å². The molecular weight excluding hydrogens is 562 g/mol. The van der Waals surface area contributed by atoms with Crippen molar-refractivity contribution in [3.05, 3.63) is 72.3 Å². The van der Waals surface area contributed by atoms with E-state index in [4.69, 9.17) is 20.1 Å². The third-order valence-electron chi connectivity index (χ3n) is 10.1. The van der Waals surface area contributed by atoms with Gasteiger partial charge in [0, 0.05) is 4.32 Å². The van der Waals surface area contributed by atoms with Crippen LogP contribution in [0.25, 0.3) is 0 Å². The lowest BCUT2D eigenvalue weighted by atomic mass is 9.48. The SMILES string of the molecule is BrC12CC3CC(CC(C3)C1)C2.[Cl][AlH][Cl].c1ccc(C23CC4CC(CC(C4)C2)C3)cc1.c1ccccc1. The Hall–Kier alpha value is 0.0325. The smallest absolute Gasteiger partial charge is 0.240 e. The zero-order valence-corrected chi connectivity index (χ0v) is 26.2. The van der Waals surface area contributed by atoms with E-state index in [1.165, 1.54) is 38.5 Å².